The zero-order valence-corrected chi connectivity index (χ0v) is 23.2. The highest BCUT2D eigenvalue weighted by Gasteiger charge is 2.34. The number of hydrogen-bond acceptors (Lipinski definition) is 7. The molecule has 0 bridgehead atoms. The summed E-state index contributed by atoms with van der Waals surface area (Å²) in [5, 5.41) is 13.8. The zero-order chi connectivity index (χ0) is 27.7. The quantitative estimate of drug-likeness (QED) is 0.293. The van der Waals surface area contributed by atoms with E-state index < -0.39 is 11.6 Å². The number of methoxy groups -OCH3 is 1. The molecule has 3 heterocycles. The van der Waals surface area contributed by atoms with Crippen LogP contribution in [0.5, 0.6) is 5.75 Å². The average molecular weight is 527 g/mol. The molecular weight excluding hydrogens is 492 g/mol. The van der Waals surface area contributed by atoms with Crippen LogP contribution in [0.2, 0.25) is 0 Å². The second-order valence-electron chi connectivity index (χ2n) is 10.9. The van der Waals surface area contributed by atoms with E-state index in [4.69, 9.17) is 9.15 Å². The van der Waals surface area contributed by atoms with E-state index in [2.05, 4.69) is 31.5 Å². The van der Waals surface area contributed by atoms with Crippen LogP contribution in [-0.2, 0) is 18.6 Å². The van der Waals surface area contributed by atoms with Gasteiger partial charge in [0.05, 0.1) is 31.0 Å². The maximum atomic E-state index is 13.8. The van der Waals surface area contributed by atoms with Gasteiger partial charge in [-0.15, -0.1) is 5.10 Å². The van der Waals surface area contributed by atoms with Gasteiger partial charge in [-0.3, -0.25) is 9.69 Å². The largest absolute Gasteiger partial charge is 0.497 e. The summed E-state index contributed by atoms with van der Waals surface area (Å²) in [7, 11) is 1.65. The van der Waals surface area contributed by atoms with Gasteiger partial charge in [0.15, 0.2) is 5.82 Å². The first-order valence-corrected chi connectivity index (χ1v) is 13.0. The molecule has 0 spiro atoms. The van der Waals surface area contributed by atoms with Crippen molar-refractivity contribution in [2.75, 3.05) is 7.11 Å². The number of aryl methyl sites for hydroxylation is 2. The molecule has 39 heavy (non-hydrogen) atoms. The van der Waals surface area contributed by atoms with Gasteiger partial charge in [0.2, 0.25) is 0 Å². The second kappa shape index (κ2) is 10.5. The van der Waals surface area contributed by atoms with E-state index in [0.29, 0.717) is 24.5 Å². The lowest BCUT2D eigenvalue weighted by Crippen LogP contribution is -2.37. The van der Waals surface area contributed by atoms with Crippen molar-refractivity contribution in [1.29, 1.82) is 0 Å². The molecular formula is C30H34N6O3. The highest BCUT2D eigenvalue weighted by Crippen LogP contribution is 2.33. The number of benzene rings is 2. The molecule has 0 fully saturated rings. The molecule has 9 nitrogen and oxygen atoms in total. The number of fused-ring (bicyclic) bond motifs is 1. The normalized spacial score (nSPS) is 12.8. The highest BCUT2D eigenvalue weighted by molar-refractivity contribution is 5.83. The molecule has 0 saturated heterocycles. The van der Waals surface area contributed by atoms with Crippen molar-refractivity contribution in [3.8, 4) is 5.75 Å². The first-order valence-electron chi connectivity index (χ1n) is 13.0. The molecule has 5 aromatic rings. The van der Waals surface area contributed by atoms with E-state index >= 15 is 0 Å². The Kier molecular flexibility index (Phi) is 7.10. The van der Waals surface area contributed by atoms with Crippen molar-refractivity contribution in [3.63, 3.8) is 0 Å². The molecule has 0 saturated carbocycles. The second-order valence-corrected chi connectivity index (χ2v) is 10.9. The molecule has 0 aliphatic rings. The van der Waals surface area contributed by atoms with Crippen molar-refractivity contribution in [1.82, 2.24) is 30.1 Å². The van der Waals surface area contributed by atoms with Gasteiger partial charge in [-0.2, -0.15) is 0 Å². The number of ether oxygens (including phenoxy) is 1. The summed E-state index contributed by atoms with van der Waals surface area (Å²) in [6.45, 7) is 11.1. The monoisotopic (exact) mass is 526 g/mol. The Labute approximate surface area is 227 Å². The third-order valence-electron chi connectivity index (χ3n) is 7.10. The van der Waals surface area contributed by atoms with Crippen molar-refractivity contribution in [2.24, 2.45) is 0 Å². The van der Waals surface area contributed by atoms with Crippen LogP contribution in [0, 0.1) is 13.8 Å². The van der Waals surface area contributed by atoms with Crippen LogP contribution < -0.4 is 10.3 Å². The summed E-state index contributed by atoms with van der Waals surface area (Å²) in [6.07, 6.45) is 1.66. The topological polar surface area (TPSA) is 102 Å². The molecule has 0 aliphatic carbocycles. The summed E-state index contributed by atoms with van der Waals surface area (Å²) in [5.74, 6) is 2.13. The molecule has 9 heteroatoms. The Morgan fingerprint density at radius 2 is 1.85 bits per heavy atom. The smallest absolute Gasteiger partial charge is 0.253 e. The minimum atomic E-state index is -0.568. The van der Waals surface area contributed by atoms with Gasteiger partial charge in [0.25, 0.3) is 5.56 Å². The first kappa shape index (κ1) is 26.4. The van der Waals surface area contributed by atoms with Crippen LogP contribution in [0.1, 0.15) is 60.7 Å². The van der Waals surface area contributed by atoms with Crippen molar-refractivity contribution in [2.45, 2.75) is 59.3 Å². The number of nitrogens with zero attached hydrogens (tertiary/aromatic N) is 5. The van der Waals surface area contributed by atoms with Gasteiger partial charge < -0.3 is 14.1 Å². The minimum absolute atomic E-state index is 0.177. The van der Waals surface area contributed by atoms with Crippen LogP contribution in [0.3, 0.4) is 0 Å². The summed E-state index contributed by atoms with van der Waals surface area (Å²) in [5.41, 5.74) is 4.03. The SMILES string of the molecule is COc1ccc(CN(Cc2ccco2)[C@@H](c2cc3ccc(C)c(C)c3[nH]c2=O)c2nnnn2C(C)(C)C)cc1. The fourth-order valence-corrected chi connectivity index (χ4v) is 4.89. The Hall–Kier alpha value is -4.24. The van der Waals surface area contributed by atoms with Crippen molar-refractivity contribution < 1.29 is 9.15 Å². The van der Waals surface area contributed by atoms with E-state index in [1.165, 1.54) is 0 Å². The van der Waals surface area contributed by atoms with Crippen LogP contribution >= 0.6 is 0 Å². The summed E-state index contributed by atoms with van der Waals surface area (Å²) in [6, 6.07) is 17.2. The summed E-state index contributed by atoms with van der Waals surface area (Å²) >= 11 is 0. The van der Waals surface area contributed by atoms with Crippen LogP contribution in [0.4, 0.5) is 0 Å². The lowest BCUT2D eigenvalue weighted by molar-refractivity contribution is 0.171. The van der Waals surface area contributed by atoms with Gasteiger partial charge >= 0.3 is 0 Å². The molecule has 1 N–H and O–H groups in total. The van der Waals surface area contributed by atoms with Gasteiger partial charge in [-0.05, 0) is 97.5 Å². The van der Waals surface area contributed by atoms with Crippen LogP contribution in [-0.4, -0.2) is 37.2 Å². The van der Waals surface area contributed by atoms with Gasteiger partial charge in [0.1, 0.15) is 17.6 Å². The molecule has 3 aromatic heterocycles. The number of tetrazole rings is 1. The average Bonchev–Trinajstić information content (AvgIpc) is 3.60. The number of hydrogen-bond donors (Lipinski definition) is 1. The fraction of sp³-hybridized carbons (Fsp3) is 0.333. The third-order valence-corrected chi connectivity index (χ3v) is 7.10. The number of furan rings is 1. The Bertz CT molecular complexity index is 1630. The number of H-pyrrole nitrogens is 1. The predicted molar refractivity (Wildman–Crippen MR) is 150 cm³/mol. The predicted octanol–water partition coefficient (Wildman–Crippen LogP) is 5.28. The Balaban J connectivity index is 1.72. The number of aromatic amines is 1. The van der Waals surface area contributed by atoms with Gasteiger partial charge in [-0.25, -0.2) is 4.68 Å². The molecule has 2 aromatic carbocycles. The molecule has 0 radical (unpaired) electrons. The zero-order valence-electron chi connectivity index (χ0n) is 23.2. The fourth-order valence-electron chi connectivity index (χ4n) is 4.89. The molecule has 0 amide bonds. The number of pyridine rings is 1. The number of nitrogens with one attached hydrogen (secondary N) is 1. The van der Waals surface area contributed by atoms with E-state index in [1.54, 1.807) is 18.1 Å². The first-order chi connectivity index (χ1) is 18.7. The van der Waals surface area contributed by atoms with Gasteiger partial charge in [-0.1, -0.05) is 24.3 Å². The minimum Gasteiger partial charge on any atom is -0.497 e. The molecule has 5 rings (SSSR count). The number of aromatic nitrogens is 5. The van der Waals surface area contributed by atoms with E-state index in [-0.39, 0.29) is 5.56 Å². The lowest BCUT2D eigenvalue weighted by Gasteiger charge is -2.32. The molecule has 0 aliphatic heterocycles. The third kappa shape index (κ3) is 5.35. The van der Waals surface area contributed by atoms with Crippen LogP contribution in [0.15, 0.2) is 70.1 Å². The van der Waals surface area contributed by atoms with Gasteiger partial charge in [0, 0.05) is 12.1 Å². The summed E-state index contributed by atoms with van der Waals surface area (Å²) < 4.78 is 12.9. The lowest BCUT2D eigenvalue weighted by atomic mass is 9.99. The van der Waals surface area contributed by atoms with Crippen LogP contribution in [0.25, 0.3) is 10.9 Å². The van der Waals surface area contributed by atoms with Crippen molar-refractivity contribution in [3.05, 3.63) is 105 Å². The Morgan fingerprint density at radius 1 is 1.08 bits per heavy atom. The molecule has 202 valence electrons. The van der Waals surface area contributed by atoms with E-state index in [1.807, 2.05) is 83.1 Å². The van der Waals surface area contributed by atoms with Crippen molar-refractivity contribution >= 4 is 10.9 Å². The standard InChI is InChI=1S/C30H34N6O3/c1-19-9-12-22-16-25(29(37)31-26(22)20(19)2)27(28-32-33-34-36(28)30(3,4)5)35(18-24-8-7-15-39-24)17-21-10-13-23(38-6)14-11-21/h7-16,27H,17-18H2,1-6H3,(H,31,37)/t27-/m0/s1. The molecule has 1 atom stereocenters. The Morgan fingerprint density at radius 3 is 2.51 bits per heavy atom. The maximum Gasteiger partial charge on any atom is 0.253 e. The molecule has 0 unspecified atom stereocenters. The van der Waals surface area contributed by atoms with E-state index in [9.17, 15) is 4.79 Å². The van der Waals surface area contributed by atoms with E-state index in [0.717, 1.165) is 39.1 Å². The summed E-state index contributed by atoms with van der Waals surface area (Å²) in [4.78, 5) is 19.2. The number of rotatable bonds is 8. The highest BCUT2D eigenvalue weighted by atomic mass is 16.5. The maximum absolute atomic E-state index is 13.8.